The second kappa shape index (κ2) is 4.57. The van der Waals surface area contributed by atoms with Crippen molar-refractivity contribution in [2.45, 2.75) is 83.3 Å². The number of fused-ring (bicyclic) bond motifs is 5. The van der Waals surface area contributed by atoms with Crippen LogP contribution in [0.4, 0.5) is 0 Å². The number of ketones is 1. The van der Waals surface area contributed by atoms with E-state index in [0.717, 1.165) is 44.9 Å². The number of carbonyl (C=O) groups is 1. The van der Waals surface area contributed by atoms with E-state index >= 15 is 0 Å². The Morgan fingerprint density at radius 3 is 2.55 bits per heavy atom. The molecule has 0 aromatic rings. The molecule has 0 aliphatic heterocycles. The molecule has 124 valence electrons. The van der Waals surface area contributed by atoms with Crippen LogP contribution in [-0.4, -0.2) is 27.7 Å². The second-order valence-corrected chi connectivity index (χ2v) is 9.22. The lowest BCUT2D eigenvalue weighted by atomic mass is 9.43. The fourth-order valence-corrected chi connectivity index (χ4v) is 7.01. The summed E-state index contributed by atoms with van der Waals surface area (Å²) in [5.41, 5.74) is -0.773. The van der Waals surface area contributed by atoms with E-state index in [1.807, 2.05) is 0 Å². The minimum atomic E-state index is -0.769. The summed E-state index contributed by atoms with van der Waals surface area (Å²) in [6, 6.07) is 0. The molecule has 2 unspecified atom stereocenters. The zero-order valence-electron chi connectivity index (χ0n) is 14.0. The second-order valence-electron chi connectivity index (χ2n) is 9.22. The molecule has 0 spiro atoms. The van der Waals surface area contributed by atoms with E-state index in [-0.39, 0.29) is 22.7 Å². The van der Waals surface area contributed by atoms with Crippen LogP contribution >= 0.6 is 0 Å². The molecule has 0 heterocycles. The highest BCUT2D eigenvalue weighted by atomic mass is 16.3. The number of hydrogen-bond donors (Lipinski definition) is 2. The third-order valence-corrected chi connectivity index (χ3v) is 8.57. The van der Waals surface area contributed by atoms with Gasteiger partial charge in [0.2, 0.25) is 0 Å². The van der Waals surface area contributed by atoms with Gasteiger partial charge in [0.05, 0.1) is 11.7 Å². The summed E-state index contributed by atoms with van der Waals surface area (Å²) >= 11 is 0. The molecule has 3 nitrogen and oxygen atoms in total. The molecule has 0 amide bonds. The van der Waals surface area contributed by atoms with Gasteiger partial charge in [0.15, 0.2) is 0 Å². The summed E-state index contributed by atoms with van der Waals surface area (Å²) in [7, 11) is 0. The van der Waals surface area contributed by atoms with Crippen molar-refractivity contribution in [2.75, 3.05) is 0 Å². The van der Waals surface area contributed by atoms with Crippen molar-refractivity contribution >= 4 is 5.78 Å². The van der Waals surface area contributed by atoms with Crippen LogP contribution in [0, 0.1) is 28.6 Å². The van der Waals surface area contributed by atoms with Crippen molar-refractivity contribution < 1.29 is 15.0 Å². The molecule has 0 bridgehead atoms. The summed E-state index contributed by atoms with van der Waals surface area (Å²) in [5, 5.41) is 21.7. The van der Waals surface area contributed by atoms with Gasteiger partial charge in [0, 0.05) is 18.3 Å². The molecule has 4 fully saturated rings. The lowest BCUT2D eigenvalue weighted by molar-refractivity contribution is -0.205. The predicted octanol–water partition coefficient (Wildman–Crippen LogP) is 3.07. The summed E-state index contributed by atoms with van der Waals surface area (Å²) in [6.07, 6.45) is 7.84. The summed E-state index contributed by atoms with van der Waals surface area (Å²) < 4.78 is 0. The normalized spacial score (nSPS) is 57.9. The molecular weight excluding hydrogens is 276 g/mol. The Morgan fingerprint density at radius 1 is 1.00 bits per heavy atom. The van der Waals surface area contributed by atoms with Crippen LogP contribution in [-0.2, 0) is 4.79 Å². The SMILES string of the molecule is C[C@]12CC[C@@H]3[C@@H](CCC4(O)CC(=O)CC[C@]34C)[C@@H]1CCC2O. The highest BCUT2D eigenvalue weighted by Gasteiger charge is 2.64. The van der Waals surface area contributed by atoms with Gasteiger partial charge in [0.1, 0.15) is 5.78 Å². The van der Waals surface area contributed by atoms with Gasteiger partial charge in [-0.3, -0.25) is 4.79 Å². The monoisotopic (exact) mass is 306 g/mol. The van der Waals surface area contributed by atoms with Gasteiger partial charge >= 0.3 is 0 Å². The maximum atomic E-state index is 11.9. The van der Waals surface area contributed by atoms with Crippen LogP contribution in [0.3, 0.4) is 0 Å². The third-order valence-electron chi connectivity index (χ3n) is 8.57. The summed E-state index contributed by atoms with van der Waals surface area (Å²) in [5.74, 6) is 2.02. The van der Waals surface area contributed by atoms with E-state index in [1.54, 1.807) is 0 Å². The smallest absolute Gasteiger partial charge is 0.135 e. The number of aliphatic hydroxyl groups is 2. The fraction of sp³-hybridized carbons (Fsp3) is 0.947. The molecule has 0 aromatic carbocycles. The Bertz CT molecular complexity index is 503. The van der Waals surface area contributed by atoms with E-state index in [4.69, 9.17) is 0 Å². The first-order valence-corrected chi connectivity index (χ1v) is 9.22. The molecule has 4 aliphatic carbocycles. The molecule has 22 heavy (non-hydrogen) atoms. The topological polar surface area (TPSA) is 57.5 Å². The van der Waals surface area contributed by atoms with Crippen LogP contribution in [0.1, 0.15) is 71.6 Å². The fourth-order valence-electron chi connectivity index (χ4n) is 7.01. The van der Waals surface area contributed by atoms with Gasteiger partial charge in [-0.05, 0) is 68.1 Å². The van der Waals surface area contributed by atoms with Crippen molar-refractivity contribution in [3.05, 3.63) is 0 Å². The molecule has 3 heteroatoms. The minimum Gasteiger partial charge on any atom is -0.393 e. The highest BCUT2D eigenvalue weighted by Crippen LogP contribution is 2.66. The largest absolute Gasteiger partial charge is 0.393 e. The highest BCUT2D eigenvalue weighted by molar-refractivity contribution is 5.80. The van der Waals surface area contributed by atoms with Crippen molar-refractivity contribution in [3.8, 4) is 0 Å². The van der Waals surface area contributed by atoms with Gasteiger partial charge in [-0.2, -0.15) is 0 Å². The van der Waals surface area contributed by atoms with Crippen molar-refractivity contribution in [1.29, 1.82) is 0 Å². The molecule has 4 aliphatic rings. The molecule has 0 radical (unpaired) electrons. The quantitative estimate of drug-likeness (QED) is 0.723. The predicted molar refractivity (Wildman–Crippen MR) is 84.2 cm³/mol. The van der Waals surface area contributed by atoms with Crippen LogP contribution in [0.5, 0.6) is 0 Å². The number of rotatable bonds is 0. The van der Waals surface area contributed by atoms with Crippen LogP contribution in [0.15, 0.2) is 0 Å². The van der Waals surface area contributed by atoms with E-state index in [1.165, 1.54) is 0 Å². The zero-order chi connectivity index (χ0) is 15.8. The molecule has 2 N–H and O–H groups in total. The number of carbonyl (C=O) groups excluding carboxylic acids is 1. The average molecular weight is 306 g/mol. The standard InChI is InChI=1S/C19H30O3/c1-17-8-7-15-13(14(17)3-4-16(17)21)6-10-19(22)11-12(20)5-9-18(15,19)2/h13-16,21-22H,3-11H2,1-2H3/t13-,14-,15+,16?,17-,18+,19?/m0/s1. The van der Waals surface area contributed by atoms with Gasteiger partial charge in [-0.25, -0.2) is 0 Å². The average Bonchev–Trinajstić information content (AvgIpc) is 2.76. The van der Waals surface area contributed by atoms with E-state index in [0.29, 0.717) is 30.6 Å². The van der Waals surface area contributed by atoms with Gasteiger partial charge in [-0.1, -0.05) is 13.8 Å². The first kappa shape index (κ1) is 15.1. The first-order valence-electron chi connectivity index (χ1n) is 9.22. The zero-order valence-corrected chi connectivity index (χ0v) is 14.0. The summed E-state index contributed by atoms with van der Waals surface area (Å²) in [4.78, 5) is 11.9. The number of aliphatic hydroxyl groups excluding tert-OH is 1. The maximum absolute atomic E-state index is 11.9. The van der Waals surface area contributed by atoms with Crippen molar-refractivity contribution in [3.63, 3.8) is 0 Å². The van der Waals surface area contributed by atoms with Gasteiger partial charge in [-0.15, -0.1) is 0 Å². The number of hydrogen-bond acceptors (Lipinski definition) is 3. The van der Waals surface area contributed by atoms with Gasteiger partial charge in [0.25, 0.3) is 0 Å². The first-order chi connectivity index (χ1) is 10.3. The van der Waals surface area contributed by atoms with Crippen molar-refractivity contribution in [1.82, 2.24) is 0 Å². The molecule has 4 saturated carbocycles. The lowest BCUT2D eigenvalue weighted by Gasteiger charge is -2.63. The maximum Gasteiger partial charge on any atom is 0.135 e. The van der Waals surface area contributed by atoms with E-state index < -0.39 is 5.60 Å². The van der Waals surface area contributed by atoms with Crippen LogP contribution < -0.4 is 0 Å². The third kappa shape index (κ3) is 1.73. The summed E-state index contributed by atoms with van der Waals surface area (Å²) in [6.45, 7) is 4.55. The van der Waals surface area contributed by atoms with Crippen molar-refractivity contribution in [2.24, 2.45) is 28.6 Å². The van der Waals surface area contributed by atoms with E-state index in [9.17, 15) is 15.0 Å². The minimum absolute atomic E-state index is 0.0947. The lowest BCUT2D eigenvalue weighted by Crippen LogP contribution is -2.62. The molecule has 0 aromatic heterocycles. The molecule has 4 rings (SSSR count). The molecular formula is C19H30O3. The Hall–Kier alpha value is -0.410. The molecule has 0 saturated heterocycles. The molecule has 7 atom stereocenters. The number of Topliss-reactive ketones (excluding diaryl/α,β-unsaturated/α-hetero) is 1. The Balaban J connectivity index is 1.68. The van der Waals surface area contributed by atoms with Crippen LogP contribution in [0.25, 0.3) is 0 Å². The van der Waals surface area contributed by atoms with Crippen LogP contribution in [0.2, 0.25) is 0 Å². The Morgan fingerprint density at radius 2 is 1.77 bits per heavy atom. The van der Waals surface area contributed by atoms with Gasteiger partial charge < -0.3 is 10.2 Å². The van der Waals surface area contributed by atoms with E-state index in [2.05, 4.69) is 13.8 Å². The Kier molecular flexibility index (Phi) is 3.14. The Labute approximate surface area is 133 Å².